The highest BCUT2D eigenvalue weighted by atomic mass is 32.2. The topological polar surface area (TPSA) is 20.3 Å². The van der Waals surface area contributed by atoms with E-state index in [9.17, 15) is 4.79 Å². The van der Waals surface area contributed by atoms with Gasteiger partial charge in [0, 0.05) is 10.9 Å². The fraction of sp³-hybridized carbons (Fsp3) is 0.333. The van der Waals surface area contributed by atoms with Crippen LogP contribution in [0, 0.1) is 0 Å². The molecular formula is C12H13NOS3. The Bertz CT molecular complexity index is 464. The van der Waals surface area contributed by atoms with Gasteiger partial charge in [-0.05, 0) is 30.9 Å². The summed E-state index contributed by atoms with van der Waals surface area (Å²) in [4.78, 5) is 15.7. The molecule has 0 spiro atoms. The number of thiocarbonyl (C=S) groups is 1. The van der Waals surface area contributed by atoms with Crippen LogP contribution in [-0.2, 0) is 4.79 Å². The molecule has 0 unspecified atom stereocenters. The van der Waals surface area contributed by atoms with E-state index in [2.05, 4.69) is 6.92 Å². The van der Waals surface area contributed by atoms with Gasteiger partial charge >= 0.3 is 0 Å². The third kappa shape index (κ3) is 2.61. The Balaban J connectivity index is 2.24. The van der Waals surface area contributed by atoms with Crippen molar-refractivity contribution >= 4 is 51.6 Å². The second-order valence-electron chi connectivity index (χ2n) is 3.82. The van der Waals surface area contributed by atoms with Crippen LogP contribution in [0.4, 0.5) is 0 Å². The zero-order valence-electron chi connectivity index (χ0n) is 9.67. The van der Waals surface area contributed by atoms with Crippen LogP contribution < -0.4 is 0 Å². The minimum absolute atomic E-state index is 0.0442. The van der Waals surface area contributed by atoms with Gasteiger partial charge in [0.05, 0.1) is 4.91 Å². The highest BCUT2D eigenvalue weighted by Gasteiger charge is 2.34. The van der Waals surface area contributed by atoms with Crippen LogP contribution in [-0.4, -0.2) is 21.2 Å². The molecular weight excluding hydrogens is 270 g/mol. The van der Waals surface area contributed by atoms with E-state index < -0.39 is 0 Å². The molecule has 0 bridgehead atoms. The number of rotatable bonds is 3. The molecule has 0 N–H and O–H groups in total. The summed E-state index contributed by atoms with van der Waals surface area (Å²) in [5.74, 6) is 0.0442. The number of hydrogen-bond acceptors (Lipinski definition) is 4. The standard InChI is InChI=1S/C12H13NOS3/c1-3-8(2)13-11(14)10(17-12(13)15)7-9-5-4-6-16-9/h4-8H,3H2,1-2H3/b10-7+/t8-/m0/s1. The molecule has 0 saturated carbocycles. The van der Waals surface area contributed by atoms with E-state index in [1.807, 2.05) is 30.5 Å². The largest absolute Gasteiger partial charge is 0.290 e. The van der Waals surface area contributed by atoms with Gasteiger partial charge in [-0.3, -0.25) is 9.69 Å². The SMILES string of the molecule is CC[C@H](C)N1C(=O)/C(=C\c2cccs2)SC1=S. The van der Waals surface area contributed by atoms with Gasteiger partial charge in [-0.25, -0.2) is 0 Å². The molecule has 1 aromatic heterocycles. The summed E-state index contributed by atoms with van der Waals surface area (Å²) in [6.45, 7) is 4.09. The van der Waals surface area contributed by atoms with Crippen molar-refractivity contribution in [2.45, 2.75) is 26.3 Å². The van der Waals surface area contributed by atoms with Gasteiger partial charge < -0.3 is 0 Å². The van der Waals surface area contributed by atoms with Crippen molar-refractivity contribution in [1.82, 2.24) is 4.90 Å². The van der Waals surface area contributed by atoms with E-state index in [4.69, 9.17) is 12.2 Å². The predicted molar refractivity (Wildman–Crippen MR) is 79.1 cm³/mol. The fourth-order valence-electron chi connectivity index (χ4n) is 1.55. The molecule has 1 aliphatic rings. The van der Waals surface area contributed by atoms with E-state index >= 15 is 0 Å². The average molecular weight is 283 g/mol. The van der Waals surface area contributed by atoms with E-state index in [-0.39, 0.29) is 11.9 Å². The van der Waals surface area contributed by atoms with Gasteiger partial charge in [0.2, 0.25) is 0 Å². The van der Waals surface area contributed by atoms with Gasteiger partial charge in [0.1, 0.15) is 4.32 Å². The molecule has 0 aromatic carbocycles. The summed E-state index contributed by atoms with van der Waals surface area (Å²) >= 11 is 8.29. The van der Waals surface area contributed by atoms with Crippen molar-refractivity contribution in [3.8, 4) is 0 Å². The fourth-order valence-corrected chi connectivity index (χ4v) is 3.73. The Kier molecular flexibility index (Phi) is 4.01. The van der Waals surface area contributed by atoms with E-state index in [0.29, 0.717) is 4.32 Å². The number of carbonyl (C=O) groups excluding carboxylic acids is 1. The first-order valence-corrected chi connectivity index (χ1v) is 7.54. The van der Waals surface area contributed by atoms with Crippen molar-refractivity contribution < 1.29 is 4.79 Å². The first-order valence-electron chi connectivity index (χ1n) is 5.44. The van der Waals surface area contributed by atoms with E-state index in [1.165, 1.54) is 11.8 Å². The van der Waals surface area contributed by atoms with Crippen molar-refractivity contribution in [3.63, 3.8) is 0 Å². The molecule has 90 valence electrons. The Hall–Kier alpha value is -0.650. The predicted octanol–water partition coefficient (Wildman–Crippen LogP) is 3.75. The highest BCUT2D eigenvalue weighted by molar-refractivity contribution is 8.26. The molecule has 1 saturated heterocycles. The molecule has 0 radical (unpaired) electrons. The average Bonchev–Trinajstić information content (AvgIpc) is 2.89. The number of thioether (sulfide) groups is 1. The maximum atomic E-state index is 12.2. The van der Waals surface area contributed by atoms with Gasteiger partial charge in [-0.2, -0.15) is 0 Å². The van der Waals surface area contributed by atoms with Crippen LogP contribution in [0.25, 0.3) is 6.08 Å². The van der Waals surface area contributed by atoms with Crippen molar-refractivity contribution in [2.24, 2.45) is 0 Å². The smallest absolute Gasteiger partial charge is 0.266 e. The van der Waals surface area contributed by atoms with Crippen LogP contribution in [0.5, 0.6) is 0 Å². The molecule has 1 amide bonds. The van der Waals surface area contributed by atoms with Gasteiger partial charge in [0.15, 0.2) is 0 Å². The zero-order valence-corrected chi connectivity index (χ0v) is 12.1. The lowest BCUT2D eigenvalue weighted by molar-refractivity contribution is -0.123. The Morgan fingerprint density at radius 3 is 2.94 bits per heavy atom. The minimum atomic E-state index is 0.0442. The molecule has 1 aromatic rings. The zero-order chi connectivity index (χ0) is 12.4. The number of nitrogens with zero attached hydrogens (tertiary/aromatic N) is 1. The normalized spacial score (nSPS) is 20.4. The summed E-state index contributed by atoms with van der Waals surface area (Å²) in [7, 11) is 0. The van der Waals surface area contributed by atoms with Crippen LogP contribution in [0.2, 0.25) is 0 Å². The Morgan fingerprint density at radius 1 is 1.59 bits per heavy atom. The second kappa shape index (κ2) is 5.33. The van der Waals surface area contributed by atoms with Crippen molar-refractivity contribution in [2.75, 3.05) is 0 Å². The first kappa shape index (κ1) is 12.8. The Morgan fingerprint density at radius 2 is 2.35 bits per heavy atom. The molecule has 0 aliphatic carbocycles. The molecule has 2 rings (SSSR count). The summed E-state index contributed by atoms with van der Waals surface area (Å²) in [6, 6.07) is 4.16. The summed E-state index contributed by atoms with van der Waals surface area (Å²) in [5, 5.41) is 2.00. The Labute approximate surface area is 115 Å². The van der Waals surface area contributed by atoms with Crippen molar-refractivity contribution in [1.29, 1.82) is 0 Å². The van der Waals surface area contributed by atoms with Gasteiger partial charge in [-0.15, -0.1) is 11.3 Å². The van der Waals surface area contributed by atoms with Gasteiger partial charge in [0.25, 0.3) is 5.91 Å². The van der Waals surface area contributed by atoms with E-state index in [1.54, 1.807) is 16.2 Å². The molecule has 1 fully saturated rings. The number of amides is 1. The minimum Gasteiger partial charge on any atom is -0.290 e. The molecule has 1 aliphatic heterocycles. The lowest BCUT2D eigenvalue weighted by Gasteiger charge is -2.21. The van der Waals surface area contributed by atoms with E-state index in [0.717, 1.165) is 16.2 Å². The molecule has 1 atom stereocenters. The maximum Gasteiger partial charge on any atom is 0.266 e. The van der Waals surface area contributed by atoms with Crippen molar-refractivity contribution in [3.05, 3.63) is 27.3 Å². The summed E-state index contributed by atoms with van der Waals surface area (Å²) in [5.41, 5.74) is 0. The molecule has 2 nitrogen and oxygen atoms in total. The quantitative estimate of drug-likeness (QED) is 0.622. The summed E-state index contributed by atoms with van der Waals surface area (Å²) < 4.78 is 0.673. The molecule has 17 heavy (non-hydrogen) atoms. The lowest BCUT2D eigenvalue weighted by atomic mass is 10.2. The number of carbonyl (C=O) groups is 1. The number of thiophene rings is 1. The summed E-state index contributed by atoms with van der Waals surface area (Å²) in [6.07, 6.45) is 2.84. The molecule has 5 heteroatoms. The van der Waals surface area contributed by atoms with Crippen LogP contribution in [0.15, 0.2) is 22.4 Å². The third-order valence-corrected chi connectivity index (χ3v) is 4.82. The molecule has 2 heterocycles. The van der Waals surface area contributed by atoms with Crippen LogP contribution in [0.1, 0.15) is 25.1 Å². The second-order valence-corrected chi connectivity index (χ2v) is 6.48. The maximum absolute atomic E-state index is 12.2. The van der Waals surface area contributed by atoms with Crippen LogP contribution in [0.3, 0.4) is 0 Å². The van der Waals surface area contributed by atoms with Crippen LogP contribution >= 0.6 is 35.3 Å². The monoisotopic (exact) mass is 283 g/mol. The number of hydrogen-bond donors (Lipinski definition) is 0. The lowest BCUT2D eigenvalue weighted by Crippen LogP contribution is -2.36. The highest BCUT2D eigenvalue weighted by Crippen LogP contribution is 2.34. The van der Waals surface area contributed by atoms with Gasteiger partial charge in [-0.1, -0.05) is 37.0 Å². The third-order valence-electron chi connectivity index (χ3n) is 2.67. The first-order chi connectivity index (χ1) is 8.13.